The first kappa shape index (κ1) is 31.3. The number of alkyl halides is 1. The number of carbonyl (C=O) groups is 2. The maximum Gasteiger partial charge on any atom is 0.289 e. The molecule has 2 unspecified atom stereocenters. The monoisotopic (exact) mass is 642 g/mol. The lowest BCUT2D eigenvalue weighted by Crippen LogP contribution is -2.60. The molecule has 2 aliphatic rings. The van der Waals surface area contributed by atoms with E-state index in [9.17, 15) is 22.6 Å². The molecule has 0 fully saturated rings. The SMILES string of the molecule is CCCCCCCCCCCCc1ccc(NC2=CC(Br)C(N)(S(=O)(=O)O)C3=C2C(=O)c2ccccc2C3=O)cc1. The molecule has 0 amide bonds. The predicted molar refractivity (Wildman–Crippen MR) is 167 cm³/mol. The van der Waals surface area contributed by atoms with Gasteiger partial charge in [0, 0.05) is 22.5 Å². The first-order chi connectivity index (χ1) is 19.6. The van der Waals surface area contributed by atoms with Crippen molar-refractivity contribution in [1.29, 1.82) is 0 Å². The second kappa shape index (κ2) is 13.6. The van der Waals surface area contributed by atoms with Crippen LogP contribution in [0.4, 0.5) is 5.69 Å². The number of hydrogen-bond donors (Lipinski definition) is 3. The molecule has 2 aromatic carbocycles. The van der Waals surface area contributed by atoms with Gasteiger partial charge in [-0.25, -0.2) is 0 Å². The summed E-state index contributed by atoms with van der Waals surface area (Å²) in [5, 5.41) is 3.19. The van der Waals surface area contributed by atoms with E-state index in [2.05, 4.69) is 28.2 Å². The van der Waals surface area contributed by atoms with Crippen molar-refractivity contribution in [3.05, 3.63) is 88.1 Å². The van der Waals surface area contributed by atoms with Crippen LogP contribution in [0.3, 0.4) is 0 Å². The molecule has 9 heteroatoms. The Bertz CT molecular complexity index is 1450. The number of halogens is 1. The van der Waals surface area contributed by atoms with Crippen LogP contribution in [0.1, 0.15) is 97.4 Å². The fraction of sp³-hybridized carbons (Fsp3) is 0.438. The lowest BCUT2D eigenvalue weighted by Gasteiger charge is -2.39. The lowest BCUT2D eigenvalue weighted by molar-refractivity contribution is 0.0967. The lowest BCUT2D eigenvalue weighted by atomic mass is 9.76. The van der Waals surface area contributed by atoms with Crippen molar-refractivity contribution in [1.82, 2.24) is 0 Å². The van der Waals surface area contributed by atoms with E-state index in [-0.39, 0.29) is 22.4 Å². The number of unbranched alkanes of at least 4 members (excludes halogenated alkanes) is 9. The second-order valence-electron chi connectivity index (χ2n) is 11.0. The zero-order chi connectivity index (χ0) is 29.6. The minimum Gasteiger partial charge on any atom is -0.355 e. The molecular formula is C32H39BrN2O5S. The summed E-state index contributed by atoms with van der Waals surface area (Å²) in [6.07, 6.45) is 15.3. The molecule has 0 saturated carbocycles. The Morgan fingerprint density at radius 3 is 1.95 bits per heavy atom. The summed E-state index contributed by atoms with van der Waals surface area (Å²) >= 11 is 3.25. The number of allylic oxidation sites excluding steroid dienone is 1. The summed E-state index contributed by atoms with van der Waals surface area (Å²) in [7, 11) is -5.00. The smallest absolute Gasteiger partial charge is 0.289 e. The number of nitrogens with two attached hydrogens (primary N) is 1. The number of ketones is 2. The van der Waals surface area contributed by atoms with Gasteiger partial charge < -0.3 is 11.1 Å². The molecule has 2 atom stereocenters. The molecule has 220 valence electrons. The van der Waals surface area contributed by atoms with Gasteiger partial charge >= 0.3 is 0 Å². The Morgan fingerprint density at radius 2 is 1.39 bits per heavy atom. The molecule has 41 heavy (non-hydrogen) atoms. The van der Waals surface area contributed by atoms with Crippen LogP contribution < -0.4 is 11.1 Å². The topological polar surface area (TPSA) is 127 Å². The number of hydrogen-bond acceptors (Lipinski definition) is 6. The normalized spacial score (nSPS) is 20.5. The summed E-state index contributed by atoms with van der Waals surface area (Å²) in [6, 6.07) is 14.0. The van der Waals surface area contributed by atoms with Crippen LogP contribution in [-0.4, -0.2) is 34.2 Å². The Morgan fingerprint density at radius 1 is 0.854 bits per heavy atom. The highest BCUT2D eigenvalue weighted by atomic mass is 79.9. The van der Waals surface area contributed by atoms with E-state index in [1.54, 1.807) is 12.1 Å². The van der Waals surface area contributed by atoms with E-state index >= 15 is 0 Å². The molecule has 4 rings (SSSR count). The molecule has 2 aromatic rings. The average molecular weight is 644 g/mol. The molecule has 0 bridgehead atoms. The summed E-state index contributed by atoms with van der Waals surface area (Å²) < 4.78 is 35.1. The van der Waals surface area contributed by atoms with Gasteiger partial charge in [0.25, 0.3) is 10.1 Å². The van der Waals surface area contributed by atoms with Crippen LogP contribution in [0.25, 0.3) is 0 Å². The van der Waals surface area contributed by atoms with E-state index in [1.807, 2.05) is 24.3 Å². The minimum atomic E-state index is -5.00. The van der Waals surface area contributed by atoms with Crippen LogP contribution in [0.5, 0.6) is 0 Å². The average Bonchev–Trinajstić information content (AvgIpc) is 2.95. The van der Waals surface area contributed by atoms with Crippen molar-refractivity contribution in [3.8, 4) is 0 Å². The van der Waals surface area contributed by atoms with E-state index in [1.165, 1.54) is 81.6 Å². The number of rotatable bonds is 14. The predicted octanol–water partition coefficient (Wildman–Crippen LogP) is 7.14. The van der Waals surface area contributed by atoms with Crippen molar-refractivity contribution in [2.75, 3.05) is 5.32 Å². The second-order valence-corrected chi connectivity index (χ2v) is 13.6. The van der Waals surface area contributed by atoms with Crippen LogP contribution in [-0.2, 0) is 16.5 Å². The molecule has 0 spiro atoms. The highest BCUT2D eigenvalue weighted by Gasteiger charge is 2.57. The van der Waals surface area contributed by atoms with E-state index in [0.717, 1.165) is 12.8 Å². The summed E-state index contributed by atoms with van der Waals surface area (Å²) in [5.74, 6) is -1.25. The molecule has 2 aliphatic carbocycles. The van der Waals surface area contributed by atoms with Crippen LogP contribution in [0.2, 0.25) is 0 Å². The first-order valence-corrected chi connectivity index (χ1v) is 16.9. The van der Waals surface area contributed by atoms with Crippen LogP contribution in [0, 0.1) is 0 Å². The molecule has 0 aromatic heterocycles. The van der Waals surface area contributed by atoms with E-state index in [0.29, 0.717) is 5.69 Å². The van der Waals surface area contributed by atoms with Gasteiger partial charge in [0.1, 0.15) is 0 Å². The first-order valence-electron chi connectivity index (χ1n) is 14.5. The third kappa shape index (κ3) is 6.74. The quantitative estimate of drug-likeness (QED) is 0.113. The molecule has 0 saturated heterocycles. The number of nitrogens with one attached hydrogen (secondary N) is 1. The zero-order valence-electron chi connectivity index (χ0n) is 23.5. The van der Waals surface area contributed by atoms with Crippen LogP contribution >= 0.6 is 15.9 Å². The largest absolute Gasteiger partial charge is 0.355 e. The molecule has 0 radical (unpaired) electrons. The van der Waals surface area contributed by atoms with Gasteiger partial charge in [-0.2, -0.15) is 8.42 Å². The fourth-order valence-electron chi connectivity index (χ4n) is 5.60. The van der Waals surface area contributed by atoms with Gasteiger partial charge in [0.05, 0.1) is 16.0 Å². The van der Waals surface area contributed by atoms with Gasteiger partial charge in [-0.3, -0.25) is 14.1 Å². The number of aryl methyl sites for hydroxylation is 1. The Balaban J connectivity index is 1.44. The minimum absolute atomic E-state index is 0.0481. The Labute approximate surface area is 251 Å². The number of Topliss-reactive ketones (excluding diaryl/α,β-unsaturated/α-hetero) is 2. The number of carbonyl (C=O) groups excluding carboxylic acids is 2. The summed E-state index contributed by atoms with van der Waals surface area (Å²) in [4.78, 5) is 23.4. The molecule has 7 nitrogen and oxygen atoms in total. The zero-order valence-corrected chi connectivity index (χ0v) is 25.9. The third-order valence-corrected chi connectivity index (χ3v) is 10.6. The van der Waals surface area contributed by atoms with Crippen molar-refractivity contribution >= 4 is 43.3 Å². The van der Waals surface area contributed by atoms with Gasteiger partial charge in [0.2, 0.25) is 0 Å². The maximum absolute atomic E-state index is 13.6. The Kier molecular flexibility index (Phi) is 10.4. The summed E-state index contributed by atoms with van der Waals surface area (Å²) in [6.45, 7) is 2.24. The van der Waals surface area contributed by atoms with Crippen molar-refractivity contribution < 1.29 is 22.6 Å². The standard InChI is InChI=1S/C32H39BrN2O5S/c1-2-3-4-5-6-7-8-9-10-11-14-22-17-19-23(20-18-22)35-26-21-27(33)32(34,41(38,39)40)29-28(26)30(36)24-15-12-13-16-25(24)31(29)37/h12-13,15-21,27,35H,2-11,14,34H2,1H3,(H,38,39,40). The molecule has 0 aliphatic heterocycles. The highest BCUT2D eigenvalue weighted by molar-refractivity contribution is 9.09. The van der Waals surface area contributed by atoms with Crippen molar-refractivity contribution in [2.45, 2.75) is 87.3 Å². The molecule has 4 N–H and O–H groups in total. The van der Waals surface area contributed by atoms with Crippen LogP contribution in [0.15, 0.2) is 71.5 Å². The van der Waals surface area contributed by atoms with Crippen molar-refractivity contribution in [2.24, 2.45) is 5.73 Å². The van der Waals surface area contributed by atoms with E-state index < -0.39 is 37.0 Å². The molecular weight excluding hydrogens is 604 g/mol. The number of anilines is 1. The van der Waals surface area contributed by atoms with Gasteiger partial charge in [0.15, 0.2) is 16.4 Å². The maximum atomic E-state index is 13.6. The highest BCUT2D eigenvalue weighted by Crippen LogP contribution is 2.44. The number of fused-ring (bicyclic) bond motifs is 1. The van der Waals surface area contributed by atoms with E-state index in [4.69, 9.17) is 5.73 Å². The van der Waals surface area contributed by atoms with Gasteiger partial charge in [-0.15, -0.1) is 0 Å². The van der Waals surface area contributed by atoms with Gasteiger partial charge in [-0.05, 0) is 36.6 Å². The molecule has 0 heterocycles. The van der Waals surface area contributed by atoms with Crippen molar-refractivity contribution in [3.63, 3.8) is 0 Å². The third-order valence-electron chi connectivity index (χ3n) is 7.98. The summed E-state index contributed by atoms with van der Waals surface area (Å²) in [5.41, 5.74) is 7.97. The fourth-order valence-corrected chi connectivity index (χ4v) is 7.61. The Hall–Kier alpha value is -2.59. The number of benzene rings is 2. The van der Waals surface area contributed by atoms with Gasteiger partial charge in [-0.1, -0.05) is 117 Å².